The molecule has 0 saturated heterocycles. The number of para-hydroxylation sites is 1. The highest BCUT2D eigenvalue weighted by molar-refractivity contribution is 7.31. The van der Waals surface area contributed by atoms with Crippen molar-refractivity contribution in [3.05, 3.63) is 36.5 Å². The molecule has 0 bridgehead atoms. The maximum Gasteiger partial charge on any atom is 0.198 e. The highest BCUT2D eigenvalue weighted by Crippen LogP contribution is 2.40. The van der Waals surface area contributed by atoms with Gasteiger partial charge in [-0.15, -0.1) is 0 Å². The SMILES string of the molecule is c1ccc2c(c1)OPn1nccc1-2. The summed E-state index contributed by atoms with van der Waals surface area (Å²) in [6.07, 6.45) is 1.80. The first-order valence-corrected chi connectivity index (χ1v) is 4.87. The van der Waals surface area contributed by atoms with E-state index in [4.69, 9.17) is 4.52 Å². The quantitative estimate of drug-likeness (QED) is 0.596. The van der Waals surface area contributed by atoms with E-state index in [1.807, 2.05) is 34.8 Å². The van der Waals surface area contributed by atoms with Gasteiger partial charge in [-0.2, -0.15) is 5.10 Å². The van der Waals surface area contributed by atoms with Gasteiger partial charge in [-0.05, 0) is 18.2 Å². The molecular formula is C9H7N2OP. The second-order valence-corrected chi connectivity index (χ2v) is 3.63. The van der Waals surface area contributed by atoms with Crippen molar-refractivity contribution in [2.45, 2.75) is 0 Å². The molecule has 1 unspecified atom stereocenters. The molecule has 0 amide bonds. The van der Waals surface area contributed by atoms with Crippen LogP contribution in [0.2, 0.25) is 0 Å². The summed E-state index contributed by atoms with van der Waals surface area (Å²) in [5, 5.41) is 4.16. The van der Waals surface area contributed by atoms with E-state index in [0.29, 0.717) is 0 Å². The number of hydrogen-bond acceptors (Lipinski definition) is 2. The first-order chi connectivity index (χ1) is 6.45. The third kappa shape index (κ3) is 0.973. The Kier molecular flexibility index (Phi) is 1.41. The Morgan fingerprint density at radius 3 is 3.15 bits per heavy atom. The van der Waals surface area contributed by atoms with Crippen LogP contribution >= 0.6 is 8.96 Å². The maximum atomic E-state index is 5.54. The monoisotopic (exact) mass is 190 g/mol. The Hall–Kier alpha value is -1.34. The summed E-state index contributed by atoms with van der Waals surface area (Å²) in [5.41, 5.74) is 2.26. The van der Waals surface area contributed by atoms with Gasteiger partial charge in [-0.3, -0.25) is 0 Å². The maximum absolute atomic E-state index is 5.54. The molecule has 2 aromatic rings. The molecule has 0 radical (unpaired) electrons. The second-order valence-electron chi connectivity index (χ2n) is 2.82. The first kappa shape index (κ1) is 7.10. The largest absolute Gasteiger partial charge is 0.453 e. The molecule has 13 heavy (non-hydrogen) atoms. The fourth-order valence-corrected chi connectivity index (χ4v) is 2.21. The van der Waals surface area contributed by atoms with E-state index in [0.717, 1.165) is 17.0 Å². The van der Waals surface area contributed by atoms with Crippen molar-refractivity contribution in [3.8, 4) is 17.0 Å². The van der Waals surface area contributed by atoms with Gasteiger partial charge in [0.25, 0.3) is 0 Å². The predicted molar refractivity (Wildman–Crippen MR) is 52.0 cm³/mol. The molecular weight excluding hydrogens is 183 g/mol. The normalized spacial score (nSPS) is 14.8. The molecule has 1 aromatic heterocycles. The second kappa shape index (κ2) is 2.57. The van der Waals surface area contributed by atoms with Crippen LogP contribution < -0.4 is 4.52 Å². The van der Waals surface area contributed by atoms with Crippen molar-refractivity contribution < 1.29 is 4.52 Å². The minimum Gasteiger partial charge on any atom is -0.453 e. The van der Waals surface area contributed by atoms with Crippen molar-refractivity contribution in [3.63, 3.8) is 0 Å². The van der Waals surface area contributed by atoms with Crippen molar-refractivity contribution >= 4 is 8.96 Å². The van der Waals surface area contributed by atoms with Gasteiger partial charge in [0, 0.05) is 5.56 Å². The summed E-state index contributed by atoms with van der Waals surface area (Å²) in [5.74, 6) is 0.953. The average Bonchev–Trinajstić information content (AvgIpc) is 2.65. The topological polar surface area (TPSA) is 27.1 Å². The van der Waals surface area contributed by atoms with Gasteiger partial charge in [0.2, 0.25) is 0 Å². The highest BCUT2D eigenvalue weighted by atomic mass is 31.1. The van der Waals surface area contributed by atoms with Gasteiger partial charge < -0.3 is 4.52 Å². The van der Waals surface area contributed by atoms with Crippen molar-refractivity contribution in [1.82, 2.24) is 9.55 Å². The van der Waals surface area contributed by atoms with Crippen LogP contribution in [0.5, 0.6) is 5.75 Å². The molecule has 3 nitrogen and oxygen atoms in total. The number of nitrogens with zero attached hydrogens (tertiary/aromatic N) is 2. The highest BCUT2D eigenvalue weighted by Gasteiger charge is 2.16. The van der Waals surface area contributed by atoms with E-state index in [1.54, 1.807) is 6.20 Å². The van der Waals surface area contributed by atoms with Crippen LogP contribution in [0.3, 0.4) is 0 Å². The van der Waals surface area contributed by atoms with Gasteiger partial charge in [-0.25, -0.2) is 4.45 Å². The van der Waals surface area contributed by atoms with E-state index in [-0.39, 0.29) is 8.96 Å². The van der Waals surface area contributed by atoms with Crippen molar-refractivity contribution in [2.24, 2.45) is 0 Å². The Labute approximate surface area is 77.3 Å². The molecule has 0 saturated carbocycles. The molecule has 0 fully saturated rings. The van der Waals surface area contributed by atoms with Crippen LogP contribution in [0.25, 0.3) is 11.3 Å². The number of benzene rings is 1. The number of hydrogen-bond donors (Lipinski definition) is 0. The molecule has 1 atom stereocenters. The first-order valence-electron chi connectivity index (χ1n) is 4.01. The lowest BCUT2D eigenvalue weighted by Crippen LogP contribution is -2.00. The van der Waals surface area contributed by atoms with E-state index >= 15 is 0 Å². The van der Waals surface area contributed by atoms with Gasteiger partial charge in [0.05, 0.1) is 11.9 Å². The van der Waals surface area contributed by atoms with E-state index in [2.05, 4.69) is 5.10 Å². The molecule has 0 spiro atoms. The van der Waals surface area contributed by atoms with Crippen LogP contribution in [0.1, 0.15) is 0 Å². The predicted octanol–water partition coefficient (Wildman–Crippen LogP) is 2.30. The lowest BCUT2D eigenvalue weighted by Gasteiger charge is -2.17. The Bertz CT molecular complexity index is 452. The molecule has 4 heteroatoms. The molecule has 64 valence electrons. The molecule has 1 aromatic carbocycles. The lowest BCUT2D eigenvalue weighted by molar-refractivity contribution is 0.608. The lowest BCUT2D eigenvalue weighted by atomic mass is 10.1. The summed E-state index contributed by atoms with van der Waals surface area (Å²) < 4.78 is 7.41. The minimum absolute atomic E-state index is 0.270. The smallest absolute Gasteiger partial charge is 0.198 e. The summed E-state index contributed by atoms with van der Waals surface area (Å²) in [4.78, 5) is 0. The van der Waals surface area contributed by atoms with Crippen LogP contribution in [0.15, 0.2) is 36.5 Å². The Morgan fingerprint density at radius 2 is 2.15 bits per heavy atom. The van der Waals surface area contributed by atoms with Gasteiger partial charge in [0.15, 0.2) is 8.96 Å². The zero-order valence-electron chi connectivity index (χ0n) is 6.77. The zero-order chi connectivity index (χ0) is 8.67. The fourth-order valence-electron chi connectivity index (χ4n) is 1.44. The number of rotatable bonds is 0. The molecule has 1 aliphatic rings. The Balaban J connectivity index is 2.30. The molecule has 2 heterocycles. The molecule has 3 rings (SSSR count). The van der Waals surface area contributed by atoms with E-state index in [1.165, 1.54) is 0 Å². The summed E-state index contributed by atoms with van der Waals surface area (Å²) in [6, 6.07) is 10.0. The van der Waals surface area contributed by atoms with Crippen LogP contribution in [0, 0.1) is 0 Å². The van der Waals surface area contributed by atoms with Crippen molar-refractivity contribution in [1.29, 1.82) is 0 Å². The van der Waals surface area contributed by atoms with Crippen molar-refractivity contribution in [2.75, 3.05) is 0 Å². The van der Waals surface area contributed by atoms with Gasteiger partial charge in [-0.1, -0.05) is 12.1 Å². The minimum atomic E-state index is 0.270. The third-order valence-corrected chi connectivity index (χ3v) is 2.89. The summed E-state index contributed by atoms with van der Waals surface area (Å²) in [6.45, 7) is 0. The summed E-state index contributed by atoms with van der Waals surface area (Å²) in [7, 11) is 0.270. The number of aromatic nitrogens is 2. The molecule has 0 aliphatic carbocycles. The molecule has 0 N–H and O–H groups in total. The third-order valence-electron chi connectivity index (χ3n) is 2.05. The Morgan fingerprint density at radius 1 is 1.23 bits per heavy atom. The number of fused-ring (bicyclic) bond motifs is 3. The van der Waals surface area contributed by atoms with Crippen LogP contribution in [-0.2, 0) is 0 Å². The fraction of sp³-hybridized carbons (Fsp3) is 0. The average molecular weight is 190 g/mol. The summed E-state index contributed by atoms with van der Waals surface area (Å²) >= 11 is 0. The van der Waals surface area contributed by atoms with Gasteiger partial charge >= 0.3 is 0 Å². The van der Waals surface area contributed by atoms with E-state index < -0.39 is 0 Å². The van der Waals surface area contributed by atoms with Crippen LogP contribution in [0.4, 0.5) is 0 Å². The zero-order valence-corrected chi connectivity index (χ0v) is 7.77. The van der Waals surface area contributed by atoms with E-state index in [9.17, 15) is 0 Å². The van der Waals surface area contributed by atoms with Crippen LogP contribution in [-0.4, -0.2) is 9.55 Å². The van der Waals surface area contributed by atoms with Gasteiger partial charge in [0.1, 0.15) is 5.75 Å². The molecule has 1 aliphatic heterocycles. The standard InChI is InChI=1S/C9H7N2OP/c1-2-4-9-7(3-1)8-5-6-10-11(8)13-12-9/h1-6,13H.